The monoisotopic (exact) mass is 506 g/mol. The summed E-state index contributed by atoms with van der Waals surface area (Å²) in [5.41, 5.74) is 1.34. The number of amides is 2. The number of nitrogens with zero attached hydrogens (tertiary/aromatic N) is 4. The van der Waals surface area contributed by atoms with Gasteiger partial charge < -0.3 is 14.5 Å². The fraction of sp³-hybridized carbons (Fsp3) is 0.680. The molecule has 194 valence electrons. The minimum Gasteiger partial charge on any atom is -0.450 e. The van der Waals surface area contributed by atoms with Gasteiger partial charge in [0.25, 0.3) is 10.2 Å². The highest BCUT2D eigenvalue weighted by Crippen LogP contribution is 2.27. The van der Waals surface area contributed by atoms with Crippen LogP contribution in [0.4, 0.5) is 4.79 Å². The highest BCUT2D eigenvalue weighted by Gasteiger charge is 2.39. The van der Waals surface area contributed by atoms with Crippen LogP contribution in [0.1, 0.15) is 38.2 Å². The lowest BCUT2D eigenvalue weighted by Crippen LogP contribution is -2.56. The first-order valence-corrected chi connectivity index (χ1v) is 14.3. The molecule has 0 bridgehead atoms. The second-order valence-electron chi connectivity index (χ2n) is 9.75. The van der Waals surface area contributed by atoms with Gasteiger partial charge in [-0.05, 0) is 50.5 Å². The predicted molar refractivity (Wildman–Crippen MR) is 133 cm³/mol. The maximum atomic E-state index is 13.3. The SMILES string of the molecule is CCOC(=O)N1CCN(S(=O)(=O)N2CCCC(C(=O)N3CCC(Cc4ccccc4)CC3)C2)CC1. The summed E-state index contributed by atoms with van der Waals surface area (Å²) in [4.78, 5) is 28.7. The first kappa shape index (κ1) is 25.9. The normalized spacial score (nSPS) is 23.3. The summed E-state index contributed by atoms with van der Waals surface area (Å²) in [7, 11) is -3.67. The summed E-state index contributed by atoms with van der Waals surface area (Å²) in [6.45, 7) is 5.32. The van der Waals surface area contributed by atoms with Crippen molar-refractivity contribution in [3.8, 4) is 0 Å². The average Bonchev–Trinajstić information content (AvgIpc) is 2.89. The second-order valence-corrected chi connectivity index (χ2v) is 11.7. The standard InChI is InChI=1S/C25H38N4O5S/c1-2-34-25(31)27-15-17-28(18-16-27)35(32,33)29-12-6-9-23(20-29)24(30)26-13-10-22(11-14-26)19-21-7-4-3-5-8-21/h3-5,7-8,22-23H,2,6,9-20H2,1H3. The molecule has 0 aliphatic carbocycles. The summed E-state index contributed by atoms with van der Waals surface area (Å²) >= 11 is 0. The van der Waals surface area contributed by atoms with Gasteiger partial charge in [0.1, 0.15) is 0 Å². The van der Waals surface area contributed by atoms with E-state index in [4.69, 9.17) is 4.74 Å². The number of hydrogen-bond donors (Lipinski definition) is 0. The summed E-state index contributed by atoms with van der Waals surface area (Å²) in [6, 6.07) is 10.5. The smallest absolute Gasteiger partial charge is 0.409 e. The molecule has 4 rings (SSSR count). The van der Waals surface area contributed by atoms with Gasteiger partial charge in [-0.15, -0.1) is 0 Å². The first-order chi connectivity index (χ1) is 16.9. The number of piperidine rings is 2. The summed E-state index contributed by atoms with van der Waals surface area (Å²) < 4.78 is 34.5. The van der Waals surface area contributed by atoms with E-state index in [0.29, 0.717) is 38.6 Å². The van der Waals surface area contributed by atoms with Crippen molar-refractivity contribution in [2.24, 2.45) is 11.8 Å². The van der Waals surface area contributed by atoms with E-state index in [2.05, 4.69) is 24.3 Å². The van der Waals surface area contributed by atoms with E-state index in [1.165, 1.54) is 14.2 Å². The van der Waals surface area contributed by atoms with E-state index in [1.807, 2.05) is 11.0 Å². The molecule has 3 fully saturated rings. The van der Waals surface area contributed by atoms with Gasteiger partial charge in [-0.2, -0.15) is 17.0 Å². The predicted octanol–water partition coefficient (Wildman–Crippen LogP) is 2.20. The zero-order valence-electron chi connectivity index (χ0n) is 20.7. The molecule has 3 aliphatic rings. The second kappa shape index (κ2) is 11.7. The van der Waals surface area contributed by atoms with Crippen LogP contribution in [-0.2, 0) is 26.2 Å². The van der Waals surface area contributed by atoms with Crippen LogP contribution in [0.25, 0.3) is 0 Å². The number of rotatable bonds is 6. The Bertz CT molecular complexity index is 957. The lowest BCUT2D eigenvalue weighted by atomic mass is 9.89. The van der Waals surface area contributed by atoms with Crippen LogP contribution in [0.5, 0.6) is 0 Å². The molecular formula is C25H38N4O5S. The van der Waals surface area contributed by atoms with Crippen molar-refractivity contribution in [1.82, 2.24) is 18.4 Å². The van der Waals surface area contributed by atoms with Crippen molar-refractivity contribution in [3.63, 3.8) is 0 Å². The van der Waals surface area contributed by atoms with E-state index in [1.54, 1.807) is 11.8 Å². The Morgan fingerprint density at radius 3 is 2.23 bits per heavy atom. The number of carbonyl (C=O) groups is 2. The maximum absolute atomic E-state index is 13.3. The molecule has 35 heavy (non-hydrogen) atoms. The van der Waals surface area contributed by atoms with Crippen LogP contribution in [0.2, 0.25) is 0 Å². The van der Waals surface area contributed by atoms with Crippen molar-refractivity contribution in [2.45, 2.75) is 39.0 Å². The van der Waals surface area contributed by atoms with Gasteiger partial charge in [-0.25, -0.2) is 4.79 Å². The summed E-state index contributed by atoms with van der Waals surface area (Å²) in [6.07, 6.45) is 4.02. The number of ether oxygens (including phenoxy) is 1. The maximum Gasteiger partial charge on any atom is 0.409 e. The van der Waals surface area contributed by atoms with Crippen LogP contribution in [0.15, 0.2) is 30.3 Å². The molecule has 0 aromatic heterocycles. The Labute approximate surface area is 209 Å². The zero-order chi connectivity index (χ0) is 24.8. The molecule has 3 saturated heterocycles. The topological polar surface area (TPSA) is 90.5 Å². The largest absolute Gasteiger partial charge is 0.450 e. The van der Waals surface area contributed by atoms with E-state index < -0.39 is 16.3 Å². The molecule has 0 saturated carbocycles. The van der Waals surface area contributed by atoms with Crippen molar-refractivity contribution in [3.05, 3.63) is 35.9 Å². The Morgan fingerprint density at radius 1 is 0.886 bits per heavy atom. The van der Waals surface area contributed by atoms with Crippen LogP contribution in [0.3, 0.4) is 0 Å². The van der Waals surface area contributed by atoms with Gasteiger partial charge in [0.2, 0.25) is 5.91 Å². The van der Waals surface area contributed by atoms with Crippen LogP contribution in [0, 0.1) is 11.8 Å². The van der Waals surface area contributed by atoms with Crippen molar-refractivity contribution in [1.29, 1.82) is 0 Å². The van der Waals surface area contributed by atoms with Crippen LogP contribution >= 0.6 is 0 Å². The molecule has 1 unspecified atom stereocenters. The van der Waals surface area contributed by atoms with Gasteiger partial charge in [-0.1, -0.05) is 30.3 Å². The molecule has 3 aliphatic heterocycles. The van der Waals surface area contributed by atoms with E-state index in [9.17, 15) is 18.0 Å². The molecule has 3 heterocycles. The van der Waals surface area contributed by atoms with Crippen LogP contribution < -0.4 is 0 Å². The Hall–Kier alpha value is -2.17. The van der Waals surface area contributed by atoms with Gasteiger partial charge in [0.15, 0.2) is 0 Å². The molecule has 10 heteroatoms. The molecule has 2 amide bonds. The van der Waals surface area contributed by atoms with Crippen molar-refractivity contribution < 1.29 is 22.7 Å². The zero-order valence-corrected chi connectivity index (χ0v) is 21.5. The Balaban J connectivity index is 1.27. The van der Waals surface area contributed by atoms with E-state index in [0.717, 1.165) is 38.8 Å². The highest BCUT2D eigenvalue weighted by molar-refractivity contribution is 7.86. The number of hydrogen-bond acceptors (Lipinski definition) is 5. The van der Waals surface area contributed by atoms with Gasteiger partial charge in [0.05, 0.1) is 12.5 Å². The fourth-order valence-electron chi connectivity index (χ4n) is 5.40. The third-order valence-corrected chi connectivity index (χ3v) is 9.45. The van der Waals surface area contributed by atoms with Gasteiger partial charge in [0, 0.05) is 52.4 Å². The molecule has 0 spiro atoms. The summed E-state index contributed by atoms with van der Waals surface area (Å²) in [5, 5.41) is 0. The molecule has 0 radical (unpaired) electrons. The number of benzene rings is 1. The molecule has 1 atom stereocenters. The molecule has 9 nitrogen and oxygen atoms in total. The van der Waals surface area contributed by atoms with Gasteiger partial charge >= 0.3 is 6.09 Å². The molecule has 1 aromatic carbocycles. The van der Waals surface area contributed by atoms with E-state index in [-0.39, 0.29) is 31.5 Å². The highest BCUT2D eigenvalue weighted by atomic mass is 32.2. The minimum atomic E-state index is -3.67. The summed E-state index contributed by atoms with van der Waals surface area (Å²) in [5.74, 6) is 0.387. The Kier molecular flexibility index (Phi) is 8.67. The van der Waals surface area contributed by atoms with Gasteiger partial charge in [-0.3, -0.25) is 4.79 Å². The fourth-order valence-corrected chi connectivity index (χ4v) is 7.08. The lowest BCUT2D eigenvalue weighted by Gasteiger charge is -2.40. The van der Waals surface area contributed by atoms with E-state index >= 15 is 0 Å². The van der Waals surface area contributed by atoms with Crippen molar-refractivity contribution >= 4 is 22.2 Å². The average molecular weight is 507 g/mol. The van der Waals surface area contributed by atoms with Crippen LogP contribution in [-0.4, -0.2) is 97.8 Å². The third-order valence-electron chi connectivity index (χ3n) is 7.44. The lowest BCUT2D eigenvalue weighted by molar-refractivity contribution is -0.138. The number of piperazine rings is 1. The third kappa shape index (κ3) is 6.34. The Morgan fingerprint density at radius 2 is 1.57 bits per heavy atom. The minimum absolute atomic E-state index is 0.0928. The molecular weight excluding hydrogens is 468 g/mol. The first-order valence-electron chi connectivity index (χ1n) is 12.9. The quantitative estimate of drug-likeness (QED) is 0.590. The number of likely N-dealkylation sites (tertiary alicyclic amines) is 1. The number of carbonyl (C=O) groups excluding carboxylic acids is 2. The molecule has 0 N–H and O–H groups in total. The molecule has 1 aromatic rings. The van der Waals surface area contributed by atoms with Crippen molar-refractivity contribution in [2.75, 3.05) is 59.0 Å².